The Kier molecular flexibility index (Phi) is 5.87. The molecule has 30 heavy (non-hydrogen) atoms. The van der Waals surface area contributed by atoms with Crippen molar-refractivity contribution in [2.75, 3.05) is 10.6 Å². The summed E-state index contributed by atoms with van der Waals surface area (Å²) in [5.41, 5.74) is 1.53. The van der Waals surface area contributed by atoms with Crippen molar-refractivity contribution in [1.29, 1.82) is 0 Å². The largest absolute Gasteiger partial charge is 0.455 e. The van der Waals surface area contributed by atoms with Crippen LogP contribution in [-0.2, 0) is 0 Å². The quantitative estimate of drug-likeness (QED) is 0.404. The first kappa shape index (κ1) is 19.4. The lowest BCUT2D eigenvalue weighted by Gasteiger charge is -2.13. The molecule has 0 unspecified atom stereocenters. The van der Waals surface area contributed by atoms with Crippen molar-refractivity contribution < 1.29 is 14.3 Å². The Bertz CT molecular complexity index is 1160. The van der Waals surface area contributed by atoms with Crippen molar-refractivity contribution in [2.24, 2.45) is 0 Å². The minimum Gasteiger partial charge on any atom is -0.455 e. The van der Waals surface area contributed by atoms with Crippen molar-refractivity contribution in [1.82, 2.24) is 0 Å². The van der Waals surface area contributed by atoms with Crippen LogP contribution in [0.25, 0.3) is 0 Å². The fraction of sp³-hybridized carbons (Fsp3) is 0. The average Bonchev–Trinajstić information content (AvgIpc) is 3.31. The Morgan fingerprint density at radius 1 is 0.733 bits per heavy atom. The van der Waals surface area contributed by atoms with Gasteiger partial charge in [0, 0.05) is 11.3 Å². The second-order valence-corrected chi connectivity index (χ2v) is 7.33. The van der Waals surface area contributed by atoms with Gasteiger partial charge < -0.3 is 15.4 Å². The third-order valence-corrected chi connectivity index (χ3v) is 5.10. The molecule has 5 nitrogen and oxygen atoms in total. The van der Waals surface area contributed by atoms with Gasteiger partial charge in [0.05, 0.1) is 10.6 Å². The van der Waals surface area contributed by atoms with Gasteiger partial charge in [-0.15, -0.1) is 11.3 Å². The standard InChI is InChI=1S/C24H18N2O3S/c27-23(17-8-6-9-18(16-17)25-24(28)22-14-7-15-30-22)26-20-12-4-5-13-21(20)29-19-10-2-1-3-11-19/h1-16H,(H,25,28)(H,26,27). The first-order chi connectivity index (χ1) is 14.7. The highest BCUT2D eigenvalue weighted by Gasteiger charge is 2.12. The van der Waals surface area contributed by atoms with Crippen molar-refractivity contribution in [2.45, 2.75) is 0 Å². The predicted molar refractivity (Wildman–Crippen MR) is 120 cm³/mol. The number of hydrogen-bond acceptors (Lipinski definition) is 4. The number of rotatable bonds is 6. The van der Waals surface area contributed by atoms with Gasteiger partial charge in [0.2, 0.25) is 0 Å². The lowest BCUT2D eigenvalue weighted by atomic mass is 10.1. The van der Waals surface area contributed by atoms with E-state index in [0.29, 0.717) is 33.3 Å². The van der Waals surface area contributed by atoms with Crippen molar-refractivity contribution >= 4 is 34.5 Å². The summed E-state index contributed by atoms with van der Waals surface area (Å²) in [6.45, 7) is 0. The number of nitrogens with one attached hydrogen (secondary N) is 2. The van der Waals surface area contributed by atoms with E-state index < -0.39 is 0 Å². The molecule has 0 aliphatic heterocycles. The number of carbonyl (C=O) groups excluding carboxylic acids is 2. The fourth-order valence-corrected chi connectivity index (χ4v) is 3.43. The Morgan fingerprint density at radius 3 is 2.33 bits per heavy atom. The van der Waals surface area contributed by atoms with E-state index >= 15 is 0 Å². The second-order valence-electron chi connectivity index (χ2n) is 6.38. The van der Waals surface area contributed by atoms with E-state index in [1.807, 2.05) is 53.9 Å². The molecule has 0 saturated carbocycles. The van der Waals surface area contributed by atoms with Crippen LogP contribution in [0.1, 0.15) is 20.0 Å². The van der Waals surface area contributed by atoms with Gasteiger partial charge in [0.1, 0.15) is 5.75 Å². The molecule has 0 aliphatic rings. The maximum absolute atomic E-state index is 12.8. The van der Waals surface area contributed by atoms with E-state index in [0.717, 1.165) is 0 Å². The van der Waals surface area contributed by atoms with Crippen LogP contribution in [0.15, 0.2) is 96.4 Å². The minimum absolute atomic E-state index is 0.204. The molecule has 4 aromatic rings. The predicted octanol–water partition coefficient (Wildman–Crippen LogP) is 6.05. The van der Waals surface area contributed by atoms with Crippen LogP contribution >= 0.6 is 11.3 Å². The van der Waals surface area contributed by atoms with Crippen LogP contribution < -0.4 is 15.4 Å². The van der Waals surface area contributed by atoms with Gasteiger partial charge in [-0.3, -0.25) is 9.59 Å². The zero-order valence-corrected chi connectivity index (χ0v) is 16.7. The first-order valence-electron chi connectivity index (χ1n) is 9.27. The summed E-state index contributed by atoms with van der Waals surface area (Å²) < 4.78 is 5.89. The highest BCUT2D eigenvalue weighted by molar-refractivity contribution is 7.12. The highest BCUT2D eigenvalue weighted by Crippen LogP contribution is 2.29. The van der Waals surface area contributed by atoms with Crippen LogP contribution in [0.2, 0.25) is 0 Å². The molecule has 0 aliphatic carbocycles. The molecule has 2 amide bonds. The van der Waals surface area contributed by atoms with Crippen LogP contribution in [0.5, 0.6) is 11.5 Å². The Labute approximate surface area is 178 Å². The number of hydrogen-bond donors (Lipinski definition) is 2. The Morgan fingerprint density at radius 2 is 1.53 bits per heavy atom. The maximum atomic E-state index is 12.8. The van der Waals surface area contributed by atoms with E-state index in [-0.39, 0.29) is 11.8 Å². The Balaban J connectivity index is 1.49. The zero-order chi connectivity index (χ0) is 20.8. The van der Waals surface area contributed by atoms with Crippen LogP contribution in [0.4, 0.5) is 11.4 Å². The number of ether oxygens (including phenoxy) is 1. The molecule has 1 heterocycles. The lowest BCUT2D eigenvalue weighted by molar-refractivity contribution is 0.101. The monoisotopic (exact) mass is 414 g/mol. The minimum atomic E-state index is -0.300. The van der Waals surface area contributed by atoms with Gasteiger partial charge in [0.25, 0.3) is 11.8 Å². The summed E-state index contributed by atoms with van der Waals surface area (Å²) in [5, 5.41) is 7.54. The summed E-state index contributed by atoms with van der Waals surface area (Å²) in [6.07, 6.45) is 0. The van der Waals surface area contributed by atoms with Gasteiger partial charge in [-0.1, -0.05) is 42.5 Å². The van der Waals surface area contributed by atoms with E-state index in [4.69, 9.17) is 4.74 Å². The zero-order valence-electron chi connectivity index (χ0n) is 15.9. The van der Waals surface area contributed by atoms with Crippen LogP contribution in [0, 0.1) is 0 Å². The average molecular weight is 414 g/mol. The normalized spacial score (nSPS) is 10.3. The van der Waals surface area contributed by atoms with Gasteiger partial charge in [-0.2, -0.15) is 0 Å². The van der Waals surface area contributed by atoms with Gasteiger partial charge in [0.15, 0.2) is 5.75 Å². The number of thiophene rings is 1. The molecular formula is C24H18N2O3S. The summed E-state index contributed by atoms with van der Waals surface area (Å²) in [6, 6.07) is 27.0. The summed E-state index contributed by atoms with van der Waals surface area (Å²) in [4.78, 5) is 25.7. The molecule has 1 aromatic heterocycles. The molecule has 0 spiro atoms. The van der Waals surface area contributed by atoms with Crippen molar-refractivity contribution in [3.05, 3.63) is 107 Å². The molecule has 0 saturated heterocycles. The molecule has 4 rings (SSSR count). The second kappa shape index (κ2) is 9.07. The molecule has 0 bridgehead atoms. The molecule has 6 heteroatoms. The first-order valence-corrected chi connectivity index (χ1v) is 10.2. The smallest absolute Gasteiger partial charge is 0.265 e. The SMILES string of the molecule is O=C(Nc1ccccc1Oc1ccccc1)c1cccc(NC(=O)c2cccs2)c1. The van der Waals surface area contributed by atoms with Crippen LogP contribution in [0.3, 0.4) is 0 Å². The molecule has 0 radical (unpaired) electrons. The number of anilines is 2. The third-order valence-electron chi connectivity index (χ3n) is 4.23. The summed E-state index contributed by atoms with van der Waals surface area (Å²) in [7, 11) is 0. The van der Waals surface area contributed by atoms with E-state index in [1.54, 1.807) is 42.5 Å². The van der Waals surface area contributed by atoms with E-state index in [1.165, 1.54) is 11.3 Å². The van der Waals surface area contributed by atoms with Crippen molar-refractivity contribution in [3.8, 4) is 11.5 Å². The molecule has 0 fully saturated rings. The van der Waals surface area contributed by atoms with E-state index in [2.05, 4.69) is 10.6 Å². The molecular weight excluding hydrogens is 396 g/mol. The van der Waals surface area contributed by atoms with Gasteiger partial charge in [-0.05, 0) is 53.9 Å². The van der Waals surface area contributed by atoms with Crippen LogP contribution in [-0.4, -0.2) is 11.8 Å². The maximum Gasteiger partial charge on any atom is 0.265 e. The fourth-order valence-electron chi connectivity index (χ4n) is 2.81. The molecule has 0 atom stereocenters. The molecule has 3 aromatic carbocycles. The van der Waals surface area contributed by atoms with Gasteiger partial charge in [-0.25, -0.2) is 0 Å². The number of para-hydroxylation sites is 3. The molecule has 148 valence electrons. The number of carbonyl (C=O) groups is 2. The van der Waals surface area contributed by atoms with Gasteiger partial charge >= 0.3 is 0 Å². The van der Waals surface area contributed by atoms with Crippen molar-refractivity contribution in [3.63, 3.8) is 0 Å². The van der Waals surface area contributed by atoms with E-state index in [9.17, 15) is 9.59 Å². The Hall–Kier alpha value is -3.90. The topological polar surface area (TPSA) is 67.4 Å². The summed E-state index contributed by atoms with van der Waals surface area (Å²) in [5.74, 6) is 0.715. The molecule has 2 N–H and O–H groups in total. The summed E-state index contributed by atoms with van der Waals surface area (Å²) >= 11 is 1.36. The third kappa shape index (κ3) is 4.74. The lowest BCUT2D eigenvalue weighted by Crippen LogP contribution is -2.14. The number of benzene rings is 3. The highest BCUT2D eigenvalue weighted by atomic mass is 32.1. The number of amides is 2.